The molecule has 5 nitrogen and oxygen atoms in total. The van der Waals surface area contributed by atoms with Crippen LogP contribution in [0.3, 0.4) is 0 Å². The van der Waals surface area contributed by atoms with Crippen molar-refractivity contribution < 1.29 is 14.2 Å². The number of hydrogen-bond acceptors (Lipinski definition) is 3. The zero-order valence-corrected chi connectivity index (χ0v) is 16.3. The Balaban J connectivity index is 1.56. The van der Waals surface area contributed by atoms with Crippen LogP contribution >= 0.6 is 0 Å². The molecule has 0 saturated heterocycles. The van der Waals surface area contributed by atoms with Gasteiger partial charge in [-0.1, -0.05) is 42.5 Å². The van der Waals surface area contributed by atoms with E-state index in [1.165, 1.54) is 16.0 Å². The first-order valence-corrected chi connectivity index (χ1v) is 9.89. The highest BCUT2D eigenvalue weighted by Gasteiger charge is 2.42. The number of hydrogen-bond donors (Lipinski definition) is 0. The fourth-order valence-electron chi connectivity index (χ4n) is 4.51. The van der Waals surface area contributed by atoms with Crippen molar-refractivity contribution in [2.45, 2.75) is 12.5 Å². The van der Waals surface area contributed by atoms with Crippen LogP contribution in [0.25, 0.3) is 0 Å². The number of nitrogens with zero attached hydrogens (tertiary/aromatic N) is 3. The van der Waals surface area contributed by atoms with Gasteiger partial charge >= 0.3 is 0 Å². The first-order valence-electron chi connectivity index (χ1n) is 9.89. The van der Waals surface area contributed by atoms with Gasteiger partial charge in [-0.25, -0.2) is 4.57 Å². The molecule has 3 heterocycles. The number of anilines is 1. The molecule has 2 aliphatic rings. The lowest BCUT2D eigenvalue weighted by Crippen LogP contribution is -2.48. The number of fused-ring (bicyclic) bond motifs is 2. The van der Waals surface area contributed by atoms with E-state index in [-0.39, 0.29) is 17.9 Å². The Labute approximate surface area is 169 Å². The molecule has 0 N–H and O–H groups in total. The smallest absolute Gasteiger partial charge is 0.270 e. The van der Waals surface area contributed by atoms with Crippen LogP contribution in [-0.4, -0.2) is 29.8 Å². The molecule has 0 saturated carbocycles. The highest BCUT2D eigenvalue weighted by molar-refractivity contribution is 6.21. The maximum absolute atomic E-state index is 13.0. The average Bonchev–Trinajstić information content (AvgIpc) is 3.00. The molecule has 29 heavy (non-hydrogen) atoms. The van der Waals surface area contributed by atoms with E-state index in [4.69, 9.17) is 0 Å². The second-order valence-corrected chi connectivity index (χ2v) is 7.59. The van der Waals surface area contributed by atoms with Crippen LogP contribution in [0.1, 0.15) is 37.9 Å². The summed E-state index contributed by atoms with van der Waals surface area (Å²) in [5.74, 6) is 0.667. The first kappa shape index (κ1) is 17.6. The van der Waals surface area contributed by atoms with Crippen molar-refractivity contribution in [3.05, 3.63) is 95.2 Å². The Kier molecular flexibility index (Phi) is 4.16. The van der Waals surface area contributed by atoms with Crippen molar-refractivity contribution in [3.63, 3.8) is 0 Å². The molecule has 0 radical (unpaired) electrons. The standard InChI is InChI=1S/C24H22N3O2/c1-25-14-7-6-12-22(25)26-15-13-17-8-2-3-9-18(17)21(26)16-27-23(28)19-10-4-5-11-20(19)24(27)29/h2-12,14,21H,13,15-16H2,1H3/q+1. The number of carbonyl (C=O) groups excluding carboxylic acids is 2. The first-order chi connectivity index (χ1) is 14.1. The van der Waals surface area contributed by atoms with Gasteiger partial charge in [0.2, 0.25) is 0 Å². The molecule has 1 atom stereocenters. The Bertz CT molecular complexity index is 1090. The van der Waals surface area contributed by atoms with E-state index in [9.17, 15) is 9.59 Å². The van der Waals surface area contributed by atoms with Crippen LogP contribution in [-0.2, 0) is 13.5 Å². The van der Waals surface area contributed by atoms with Gasteiger partial charge in [0.1, 0.15) is 6.04 Å². The summed E-state index contributed by atoms with van der Waals surface area (Å²) in [6.07, 6.45) is 2.96. The van der Waals surface area contributed by atoms with Gasteiger partial charge in [-0.2, -0.15) is 0 Å². The Morgan fingerprint density at radius 2 is 1.55 bits per heavy atom. The minimum absolute atomic E-state index is 0.0873. The number of imide groups is 1. The zero-order valence-electron chi connectivity index (χ0n) is 16.3. The molecule has 5 heteroatoms. The summed E-state index contributed by atoms with van der Waals surface area (Å²) in [7, 11) is 2.02. The molecule has 1 unspecified atom stereocenters. The number of rotatable bonds is 3. The van der Waals surface area contributed by atoms with Crippen molar-refractivity contribution in [3.8, 4) is 0 Å². The number of pyridine rings is 1. The maximum atomic E-state index is 13.0. The number of amides is 2. The third kappa shape index (κ3) is 2.81. The van der Waals surface area contributed by atoms with Gasteiger partial charge in [0.05, 0.1) is 37.5 Å². The van der Waals surface area contributed by atoms with E-state index in [0.717, 1.165) is 18.8 Å². The van der Waals surface area contributed by atoms with Gasteiger partial charge < -0.3 is 0 Å². The van der Waals surface area contributed by atoms with E-state index in [2.05, 4.69) is 33.7 Å². The Hall–Kier alpha value is -3.47. The third-order valence-corrected chi connectivity index (χ3v) is 5.97. The van der Waals surface area contributed by atoms with Crippen molar-refractivity contribution in [1.29, 1.82) is 0 Å². The van der Waals surface area contributed by atoms with Crippen molar-refractivity contribution >= 4 is 17.6 Å². The van der Waals surface area contributed by atoms with Gasteiger partial charge in [0.25, 0.3) is 17.6 Å². The van der Waals surface area contributed by atoms with Gasteiger partial charge in [-0.15, -0.1) is 0 Å². The van der Waals surface area contributed by atoms with Crippen LogP contribution in [0, 0.1) is 0 Å². The Morgan fingerprint density at radius 1 is 0.897 bits per heavy atom. The molecule has 2 aliphatic heterocycles. The highest BCUT2D eigenvalue weighted by atomic mass is 16.2. The number of aromatic nitrogens is 1. The summed E-state index contributed by atoms with van der Waals surface area (Å²) < 4.78 is 2.09. The minimum Gasteiger partial charge on any atom is -0.270 e. The van der Waals surface area contributed by atoms with Crippen molar-refractivity contribution in [2.75, 3.05) is 18.0 Å². The van der Waals surface area contributed by atoms with Crippen LogP contribution in [0.15, 0.2) is 72.9 Å². The normalized spacial score (nSPS) is 18.0. The summed E-state index contributed by atoms with van der Waals surface area (Å²) >= 11 is 0. The zero-order chi connectivity index (χ0) is 20.0. The molecule has 1 aromatic heterocycles. The Morgan fingerprint density at radius 3 is 2.28 bits per heavy atom. The molecular formula is C24H22N3O2+. The van der Waals surface area contributed by atoms with Crippen molar-refractivity contribution in [2.24, 2.45) is 7.05 Å². The number of aryl methyl sites for hydroxylation is 1. The SMILES string of the molecule is C[n+]1ccccc1N1CCc2ccccc2C1CN1C(=O)c2ccccc2C1=O. The second kappa shape index (κ2) is 6.85. The fourth-order valence-corrected chi connectivity index (χ4v) is 4.51. The highest BCUT2D eigenvalue weighted by Crippen LogP contribution is 2.35. The largest absolute Gasteiger partial charge is 0.276 e. The maximum Gasteiger partial charge on any atom is 0.276 e. The van der Waals surface area contributed by atoms with Crippen LogP contribution < -0.4 is 9.47 Å². The summed E-state index contributed by atoms with van der Waals surface area (Å²) in [6, 6.07) is 21.5. The summed E-state index contributed by atoms with van der Waals surface area (Å²) in [6.45, 7) is 1.17. The van der Waals surface area contributed by atoms with E-state index >= 15 is 0 Å². The van der Waals surface area contributed by atoms with Crippen molar-refractivity contribution in [1.82, 2.24) is 4.90 Å². The molecule has 0 bridgehead atoms. The molecule has 144 valence electrons. The molecule has 0 aliphatic carbocycles. The second-order valence-electron chi connectivity index (χ2n) is 7.59. The third-order valence-electron chi connectivity index (χ3n) is 5.97. The van der Waals surface area contributed by atoms with E-state index in [1.54, 1.807) is 24.3 Å². The van der Waals surface area contributed by atoms with E-state index < -0.39 is 0 Å². The lowest BCUT2D eigenvalue weighted by atomic mass is 9.92. The lowest BCUT2D eigenvalue weighted by molar-refractivity contribution is -0.659. The van der Waals surface area contributed by atoms with Gasteiger partial charge in [0.15, 0.2) is 0 Å². The van der Waals surface area contributed by atoms with Gasteiger partial charge in [0, 0.05) is 18.1 Å². The number of carbonyl (C=O) groups is 2. The molecule has 2 aromatic carbocycles. The summed E-state index contributed by atoms with van der Waals surface area (Å²) in [5, 5.41) is 0. The molecule has 2 amide bonds. The van der Waals surface area contributed by atoms with E-state index in [0.29, 0.717) is 17.7 Å². The van der Waals surface area contributed by atoms with Crippen LogP contribution in [0.5, 0.6) is 0 Å². The number of benzene rings is 2. The monoisotopic (exact) mass is 384 g/mol. The molecular weight excluding hydrogens is 362 g/mol. The molecule has 0 spiro atoms. The predicted molar refractivity (Wildman–Crippen MR) is 110 cm³/mol. The van der Waals surface area contributed by atoms with Gasteiger partial charge in [-0.05, 0) is 23.8 Å². The summed E-state index contributed by atoms with van der Waals surface area (Å²) in [4.78, 5) is 29.7. The van der Waals surface area contributed by atoms with Crippen LogP contribution in [0.4, 0.5) is 5.82 Å². The van der Waals surface area contributed by atoms with Gasteiger partial charge in [-0.3, -0.25) is 19.4 Å². The predicted octanol–water partition coefficient (Wildman–Crippen LogP) is 2.91. The topological polar surface area (TPSA) is 44.5 Å². The average molecular weight is 384 g/mol. The molecule has 3 aromatic rings. The minimum atomic E-state index is -0.203. The lowest BCUT2D eigenvalue weighted by Gasteiger charge is -2.35. The summed E-state index contributed by atoms with van der Waals surface area (Å²) in [5.41, 5.74) is 3.46. The molecule has 5 rings (SSSR count). The van der Waals surface area contributed by atoms with Crippen LogP contribution in [0.2, 0.25) is 0 Å². The molecule has 0 fully saturated rings. The fraction of sp³-hybridized carbons (Fsp3) is 0.208. The quantitative estimate of drug-likeness (QED) is 0.515. The van der Waals surface area contributed by atoms with E-state index in [1.807, 2.05) is 31.4 Å².